The molecule has 0 saturated carbocycles. The summed E-state index contributed by atoms with van der Waals surface area (Å²) in [7, 11) is -2.92. The van der Waals surface area contributed by atoms with Crippen molar-refractivity contribution >= 4 is 27.2 Å². The Bertz CT molecular complexity index is 865. The van der Waals surface area contributed by atoms with Crippen LogP contribution in [0.4, 0.5) is 17.3 Å². The monoisotopic (exact) mass is 346 g/mol. The summed E-state index contributed by atoms with van der Waals surface area (Å²) in [5.41, 5.74) is 3.38. The fourth-order valence-electron chi connectivity index (χ4n) is 2.85. The van der Waals surface area contributed by atoms with E-state index in [9.17, 15) is 8.42 Å². The van der Waals surface area contributed by atoms with E-state index in [0.717, 1.165) is 5.69 Å². The highest BCUT2D eigenvalue weighted by molar-refractivity contribution is 7.91. The van der Waals surface area contributed by atoms with Crippen LogP contribution in [0, 0.1) is 20.8 Å². The van der Waals surface area contributed by atoms with Gasteiger partial charge >= 0.3 is 0 Å². The number of nitrogens with one attached hydrogen (secondary N) is 2. The first kappa shape index (κ1) is 16.7. The molecule has 0 amide bonds. The van der Waals surface area contributed by atoms with Crippen LogP contribution in [0.5, 0.6) is 0 Å². The second-order valence-electron chi connectivity index (χ2n) is 6.30. The number of hydrogen-bond donors (Lipinski definition) is 2. The van der Waals surface area contributed by atoms with Gasteiger partial charge in [0.1, 0.15) is 17.5 Å². The lowest BCUT2D eigenvalue weighted by atomic mass is 10.1. The first-order valence-electron chi connectivity index (χ1n) is 7.98. The molecule has 1 fully saturated rings. The highest BCUT2D eigenvalue weighted by Crippen LogP contribution is 2.24. The van der Waals surface area contributed by atoms with Crippen molar-refractivity contribution in [2.45, 2.75) is 33.2 Å². The van der Waals surface area contributed by atoms with Crippen LogP contribution in [-0.2, 0) is 9.84 Å². The molecule has 1 unspecified atom stereocenters. The molecule has 1 aromatic carbocycles. The van der Waals surface area contributed by atoms with Gasteiger partial charge in [0.2, 0.25) is 0 Å². The zero-order valence-electron chi connectivity index (χ0n) is 14.1. The van der Waals surface area contributed by atoms with Crippen LogP contribution in [-0.4, -0.2) is 35.9 Å². The van der Waals surface area contributed by atoms with Crippen LogP contribution in [0.15, 0.2) is 24.3 Å². The summed E-state index contributed by atoms with van der Waals surface area (Å²) in [5, 5.41) is 6.55. The quantitative estimate of drug-likeness (QED) is 0.885. The second kappa shape index (κ2) is 6.39. The van der Waals surface area contributed by atoms with Gasteiger partial charge in [-0.2, -0.15) is 0 Å². The molecule has 2 aromatic rings. The number of aromatic nitrogens is 2. The summed E-state index contributed by atoms with van der Waals surface area (Å²) < 4.78 is 23.2. The minimum atomic E-state index is -2.92. The predicted molar refractivity (Wildman–Crippen MR) is 96.6 cm³/mol. The first-order chi connectivity index (χ1) is 11.3. The summed E-state index contributed by atoms with van der Waals surface area (Å²) in [6.45, 7) is 5.96. The highest BCUT2D eigenvalue weighted by Gasteiger charge is 2.28. The van der Waals surface area contributed by atoms with Crippen LogP contribution in [0.2, 0.25) is 0 Å². The molecular formula is C17H22N4O2S. The van der Waals surface area contributed by atoms with Crippen LogP contribution < -0.4 is 10.6 Å². The van der Waals surface area contributed by atoms with Crippen molar-refractivity contribution in [3.63, 3.8) is 0 Å². The van der Waals surface area contributed by atoms with E-state index < -0.39 is 9.84 Å². The number of benzene rings is 1. The summed E-state index contributed by atoms with van der Waals surface area (Å²) in [6, 6.07) is 7.81. The van der Waals surface area contributed by atoms with Crippen LogP contribution in [0.3, 0.4) is 0 Å². The lowest BCUT2D eigenvalue weighted by molar-refractivity contribution is 0.602. The lowest BCUT2D eigenvalue weighted by Crippen LogP contribution is -2.21. The van der Waals surface area contributed by atoms with Crippen molar-refractivity contribution in [3.8, 4) is 0 Å². The molecule has 2 N–H and O–H groups in total. The largest absolute Gasteiger partial charge is 0.366 e. The van der Waals surface area contributed by atoms with Gasteiger partial charge in [0.25, 0.3) is 0 Å². The molecule has 1 saturated heterocycles. The lowest BCUT2D eigenvalue weighted by Gasteiger charge is -2.15. The molecule has 1 atom stereocenters. The normalized spacial score (nSPS) is 19.2. The van der Waals surface area contributed by atoms with E-state index in [-0.39, 0.29) is 17.5 Å². The van der Waals surface area contributed by atoms with Crippen LogP contribution in [0.1, 0.15) is 23.4 Å². The average molecular weight is 346 g/mol. The van der Waals surface area contributed by atoms with Gasteiger partial charge in [-0.25, -0.2) is 18.4 Å². The van der Waals surface area contributed by atoms with Gasteiger partial charge in [0.05, 0.1) is 11.5 Å². The Kier molecular flexibility index (Phi) is 4.45. The third-order valence-electron chi connectivity index (χ3n) is 4.29. The van der Waals surface area contributed by atoms with Gasteiger partial charge in [-0.15, -0.1) is 0 Å². The molecule has 128 valence electrons. The van der Waals surface area contributed by atoms with E-state index in [1.54, 1.807) is 0 Å². The molecule has 24 heavy (non-hydrogen) atoms. The molecule has 0 radical (unpaired) electrons. The fraction of sp³-hybridized carbons (Fsp3) is 0.412. The molecule has 1 aromatic heterocycles. The number of aryl methyl sites for hydroxylation is 2. The minimum Gasteiger partial charge on any atom is -0.366 e. The SMILES string of the molecule is Cc1nc(Nc2cccc(C)c2C)cc(NC2CCS(=O)(=O)C2)n1. The van der Waals surface area contributed by atoms with Crippen molar-refractivity contribution in [1.29, 1.82) is 0 Å². The Labute approximate surface area is 142 Å². The Balaban J connectivity index is 1.80. The van der Waals surface area contributed by atoms with Crippen molar-refractivity contribution < 1.29 is 8.42 Å². The van der Waals surface area contributed by atoms with Gasteiger partial charge in [-0.3, -0.25) is 0 Å². The Morgan fingerprint density at radius 1 is 1.12 bits per heavy atom. The maximum atomic E-state index is 11.6. The number of sulfone groups is 1. The van der Waals surface area contributed by atoms with Crippen molar-refractivity contribution in [2.75, 3.05) is 22.1 Å². The molecular weight excluding hydrogens is 324 g/mol. The first-order valence-corrected chi connectivity index (χ1v) is 9.80. The molecule has 2 heterocycles. The maximum absolute atomic E-state index is 11.6. The van der Waals surface area contributed by atoms with E-state index >= 15 is 0 Å². The molecule has 1 aliphatic rings. The number of hydrogen-bond acceptors (Lipinski definition) is 6. The predicted octanol–water partition coefficient (Wildman–Crippen LogP) is 2.74. The van der Waals surface area contributed by atoms with Crippen LogP contribution >= 0.6 is 0 Å². The van der Waals surface area contributed by atoms with E-state index in [1.807, 2.05) is 25.1 Å². The summed E-state index contributed by atoms with van der Waals surface area (Å²) >= 11 is 0. The van der Waals surface area contributed by atoms with Crippen molar-refractivity contribution in [3.05, 3.63) is 41.2 Å². The number of rotatable bonds is 4. The van der Waals surface area contributed by atoms with Crippen molar-refractivity contribution in [2.24, 2.45) is 0 Å². The van der Waals surface area contributed by atoms with E-state index in [0.29, 0.717) is 23.9 Å². The van der Waals surface area contributed by atoms with Crippen molar-refractivity contribution in [1.82, 2.24) is 9.97 Å². The minimum absolute atomic E-state index is 0.0853. The van der Waals surface area contributed by atoms with E-state index in [2.05, 4.69) is 40.5 Å². The molecule has 3 rings (SSSR count). The Morgan fingerprint density at radius 3 is 2.58 bits per heavy atom. The van der Waals surface area contributed by atoms with Gasteiger partial charge in [0.15, 0.2) is 9.84 Å². The third kappa shape index (κ3) is 3.84. The van der Waals surface area contributed by atoms with Gasteiger partial charge in [-0.1, -0.05) is 12.1 Å². The molecule has 0 aliphatic carbocycles. The van der Waals surface area contributed by atoms with E-state index in [4.69, 9.17) is 0 Å². The maximum Gasteiger partial charge on any atom is 0.152 e. The van der Waals surface area contributed by atoms with Gasteiger partial charge in [-0.05, 0) is 44.4 Å². The average Bonchev–Trinajstić information content (AvgIpc) is 2.82. The molecule has 0 bridgehead atoms. The molecule has 6 nitrogen and oxygen atoms in total. The van der Waals surface area contributed by atoms with Crippen LogP contribution in [0.25, 0.3) is 0 Å². The van der Waals surface area contributed by atoms with E-state index in [1.165, 1.54) is 11.1 Å². The summed E-state index contributed by atoms with van der Waals surface area (Å²) in [4.78, 5) is 8.79. The number of nitrogens with zero attached hydrogens (tertiary/aromatic N) is 2. The third-order valence-corrected chi connectivity index (χ3v) is 6.06. The summed E-state index contributed by atoms with van der Waals surface area (Å²) in [6.07, 6.45) is 0.616. The Hall–Kier alpha value is -2.15. The zero-order chi connectivity index (χ0) is 17.3. The Morgan fingerprint density at radius 2 is 1.88 bits per heavy atom. The number of anilines is 3. The second-order valence-corrected chi connectivity index (χ2v) is 8.53. The zero-order valence-corrected chi connectivity index (χ0v) is 14.9. The fourth-order valence-corrected chi connectivity index (χ4v) is 4.52. The van der Waals surface area contributed by atoms with Gasteiger partial charge in [0, 0.05) is 17.8 Å². The topological polar surface area (TPSA) is 84.0 Å². The molecule has 7 heteroatoms. The standard InChI is InChI=1S/C17H22N4O2S/c1-11-5-4-6-15(12(11)2)21-17-9-16(18-13(3)19-17)20-14-7-8-24(22,23)10-14/h4-6,9,14H,7-8,10H2,1-3H3,(H2,18,19,20,21). The smallest absolute Gasteiger partial charge is 0.152 e. The molecule has 1 aliphatic heterocycles. The van der Waals surface area contributed by atoms with Gasteiger partial charge < -0.3 is 10.6 Å². The summed E-state index contributed by atoms with van der Waals surface area (Å²) in [5.74, 6) is 2.38. The molecule has 0 spiro atoms. The highest BCUT2D eigenvalue weighted by atomic mass is 32.2.